The molecule has 0 spiro atoms. The Bertz CT molecular complexity index is 2690. The molecule has 0 aliphatic rings. The van der Waals surface area contributed by atoms with Gasteiger partial charge in [-0.05, 0) is 187 Å². The van der Waals surface area contributed by atoms with Gasteiger partial charge in [-0.25, -0.2) is 0 Å². The fraction of sp³-hybridized carbons (Fsp3) is 0.0588. The van der Waals surface area contributed by atoms with Crippen LogP contribution in [0.25, 0.3) is 98.0 Å². The third kappa shape index (κ3) is 4.96. The normalized spacial score (nSPS) is 11.9. The zero-order valence-electron chi connectivity index (χ0n) is 30.0. The minimum atomic E-state index is 1.28. The van der Waals surface area contributed by atoms with Gasteiger partial charge in [0.15, 0.2) is 0 Å². The minimum Gasteiger partial charge on any atom is -0.0616 e. The molecule has 0 fully saturated rings. The summed E-state index contributed by atoms with van der Waals surface area (Å²) < 4.78 is 3.84. The van der Waals surface area contributed by atoms with E-state index in [1.54, 1.807) is 0 Å². The van der Waals surface area contributed by atoms with Gasteiger partial charge in [0.2, 0.25) is 0 Å². The van der Waals surface area contributed by atoms with Crippen LogP contribution in [0.4, 0.5) is 0 Å². The van der Waals surface area contributed by atoms with Gasteiger partial charge in [-0.1, -0.05) is 146 Å². The lowest BCUT2D eigenvalue weighted by molar-refractivity contribution is 1.50. The SMILES string of the molecule is Cc1c2ccccc2c(-c2c(I)c(-c3c4ccccc4c(C)c4ccccc34)c(I)c(-c3c4ccccc4c(C)c4ccccc34)c2I)c2ccccc12. The predicted octanol–water partition coefficient (Wildman–Crippen LogP) is 16.3. The Hall–Kier alpha value is -4.05. The van der Waals surface area contributed by atoms with Crippen LogP contribution in [-0.4, -0.2) is 0 Å². The first kappa shape index (κ1) is 34.4. The molecule has 0 nitrogen and oxygen atoms in total. The Kier molecular flexibility index (Phi) is 8.49. The fourth-order valence-electron chi connectivity index (χ4n) is 9.17. The van der Waals surface area contributed by atoms with E-state index in [-0.39, 0.29) is 0 Å². The highest BCUT2D eigenvalue weighted by Gasteiger charge is 2.29. The summed E-state index contributed by atoms with van der Waals surface area (Å²) in [7, 11) is 0. The average Bonchev–Trinajstić information content (AvgIpc) is 3.21. The molecule has 0 N–H and O–H groups in total. The van der Waals surface area contributed by atoms with Crippen LogP contribution in [0.3, 0.4) is 0 Å². The number of aryl methyl sites for hydroxylation is 3. The maximum absolute atomic E-state index is 2.72. The Labute approximate surface area is 356 Å². The molecule has 0 aromatic heterocycles. The van der Waals surface area contributed by atoms with Crippen molar-refractivity contribution < 1.29 is 0 Å². The summed E-state index contributed by atoms with van der Waals surface area (Å²) in [4.78, 5) is 0. The summed E-state index contributed by atoms with van der Waals surface area (Å²) >= 11 is 8.15. The van der Waals surface area contributed by atoms with E-state index in [9.17, 15) is 0 Å². The maximum Gasteiger partial charge on any atom is 0.0309 e. The molecule has 10 aromatic rings. The highest BCUT2D eigenvalue weighted by Crippen LogP contribution is 2.54. The van der Waals surface area contributed by atoms with Gasteiger partial charge in [-0.15, -0.1) is 0 Å². The second kappa shape index (κ2) is 13.3. The summed E-state index contributed by atoms with van der Waals surface area (Å²) in [5.41, 5.74) is 11.8. The monoisotopic (exact) mass is 1030 g/mol. The smallest absolute Gasteiger partial charge is 0.0309 e. The molecule has 0 saturated heterocycles. The van der Waals surface area contributed by atoms with Crippen molar-refractivity contribution in [3.05, 3.63) is 173 Å². The zero-order valence-corrected chi connectivity index (χ0v) is 36.5. The summed E-state index contributed by atoms with van der Waals surface area (Å²) in [6.07, 6.45) is 0. The molecule has 258 valence electrons. The first-order valence-electron chi connectivity index (χ1n) is 18.3. The van der Waals surface area contributed by atoms with E-state index >= 15 is 0 Å². The standard InChI is InChI=1S/C51H33I3/c1-28-31-16-4-10-22-37(31)43(38-23-11-5-17-32(28)38)46-49(52)47(44-39-24-12-6-18-33(39)29(2)34-19-7-13-25-40(34)44)51(54)48(50(46)53)45-41-26-14-8-20-35(41)30(3)36-21-9-15-27-42(36)45/h4-27H,1-3H3. The van der Waals surface area contributed by atoms with Crippen molar-refractivity contribution in [2.75, 3.05) is 0 Å². The molecule has 10 rings (SSSR count). The number of fused-ring (bicyclic) bond motifs is 6. The number of hydrogen-bond acceptors (Lipinski definition) is 0. The van der Waals surface area contributed by atoms with E-state index in [0.717, 1.165) is 0 Å². The number of halogens is 3. The molecule has 0 atom stereocenters. The quantitative estimate of drug-likeness (QED) is 0.122. The Morgan fingerprint density at radius 1 is 0.222 bits per heavy atom. The lowest BCUT2D eigenvalue weighted by Crippen LogP contribution is -2.04. The van der Waals surface area contributed by atoms with Crippen LogP contribution < -0.4 is 0 Å². The highest BCUT2D eigenvalue weighted by molar-refractivity contribution is 14.1. The molecular weight excluding hydrogens is 993 g/mol. The summed E-state index contributed by atoms with van der Waals surface area (Å²) in [5.74, 6) is 0. The lowest BCUT2D eigenvalue weighted by Gasteiger charge is -2.26. The van der Waals surface area contributed by atoms with E-state index < -0.39 is 0 Å². The van der Waals surface area contributed by atoms with Crippen molar-refractivity contribution in [1.82, 2.24) is 0 Å². The van der Waals surface area contributed by atoms with Crippen LogP contribution in [0.2, 0.25) is 0 Å². The van der Waals surface area contributed by atoms with Crippen molar-refractivity contribution in [2.45, 2.75) is 20.8 Å². The van der Waals surface area contributed by atoms with Crippen molar-refractivity contribution in [1.29, 1.82) is 0 Å². The van der Waals surface area contributed by atoms with E-state index in [0.29, 0.717) is 0 Å². The van der Waals surface area contributed by atoms with Crippen LogP contribution in [-0.2, 0) is 0 Å². The Balaban J connectivity index is 1.51. The lowest BCUT2D eigenvalue weighted by atomic mass is 9.82. The average molecular weight is 1030 g/mol. The van der Waals surface area contributed by atoms with E-state index in [2.05, 4.69) is 234 Å². The van der Waals surface area contributed by atoms with Crippen molar-refractivity contribution in [3.8, 4) is 33.4 Å². The number of rotatable bonds is 3. The van der Waals surface area contributed by atoms with E-state index in [1.165, 1.54) is 125 Å². The predicted molar refractivity (Wildman–Crippen MR) is 260 cm³/mol. The van der Waals surface area contributed by atoms with Crippen LogP contribution in [0.5, 0.6) is 0 Å². The molecule has 0 unspecified atom stereocenters. The molecule has 0 amide bonds. The molecule has 0 bridgehead atoms. The van der Waals surface area contributed by atoms with Crippen molar-refractivity contribution in [2.24, 2.45) is 0 Å². The second-order valence-corrected chi connectivity index (χ2v) is 17.6. The Morgan fingerprint density at radius 2 is 0.370 bits per heavy atom. The molecule has 10 aromatic carbocycles. The fourth-order valence-corrected chi connectivity index (χ4v) is 14.0. The Morgan fingerprint density at radius 3 is 0.537 bits per heavy atom. The van der Waals surface area contributed by atoms with Gasteiger partial charge in [-0.3, -0.25) is 0 Å². The van der Waals surface area contributed by atoms with Gasteiger partial charge in [0.05, 0.1) is 0 Å². The van der Waals surface area contributed by atoms with E-state index in [1.807, 2.05) is 0 Å². The van der Waals surface area contributed by atoms with Gasteiger partial charge in [0, 0.05) is 27.4 Å². The highest BCUT2D eigenvalue weighted by atomic mass is 127. The van der Waals surface area contributed by atoms with Crippen molar-refractivity contribution >= 4 is 132 Å². The topological polar surface area (TPSA) is 0 Å². The molecule has 0 radical (unpaired) electrons. The first-order valence-corrected chi connectivity index (χ1v) is 21.5. The molecule has 0 aliphatic heterocycles. The van der Waals surface area contributed by atoms with Gasteiger partial charge in [0.25, 0.3) is 0 Å². The maximum atomic E-state index is 2.72. The molecule has 0 saturated carbocycles. The van der Waals surface area contributed by atoms with Gasteiger partial charge in [-0.2, -0.15) is 0 Å². The molecule has 3 heteroatoms. The van der Waals surface area contributed by atoms with Crippen LogP contribution in [0, 0.1) is 31.5 Å². The summed E-state index contributed by atoms with van der Waals surface area (Å²) in [6, 6.07) is 54.2. The third-order valence-electron chi connectivity index (χ3n) is 11.7. The third-order valence-corrected chi connectivity index (χ3v) is 14.9. The van der Waals surface area contributed by atoms with Crippen LogP contribution in [0.15, 0.2) is 146 Å². The van der Waals surface area contributed by atoms with Gasteiger partial charge in [0.1, 0.15) is 0 Å². The van der Waals surface area contributed by atoms with E-state index in [4.69, 9.17) is 0 Å². The van der Waals surface area contributed by atoms with Crippen molar-refractivity contribution in [3.63, 3.8) is 0 Å². The van der Waals surface area contributed by atoms with Crippen LogP contribution >= 0.6 is 67.8 Å². The van der Waals surface area contributed by atoms with Gasteiger partial charge < -0.3 is 0 Å². The number of benzene rings is 10. The summed E-state index contributed by atoms with van der Waals surface area (Å²) in [6.45, 7) is 6.85. The molecular formula is C51H33I3. The van der Waals surface area contributed by atoms with Gasteiger partial charge >= 0.3 is 0 Å². The number of hydrogen-bond donors (Lipinski definition) is 0. The second-order valence-electron chi connectivity index (χ2n) is 14.3. The molecule has 0 aliphatic carbocycles. The largest absolute Gasteiger partial charge is 0.0616 e. The molecule has 0 heterocycles. The summed E-state index contributed by atoms with van der Waals surface area (Å²) in [5, 5.41) is 15.6. The molecule has 54 heavy (non-hydrogen) atoms. The van der Waals surface area contributed by atoms with Crippen LogP contribution in [0.1, 0.15) is 16.7 Å². The zero-order chi connectivity index (χ0) is 36.8. The minimum absolute atomic E-state index is 1.28. The first-order chi connectivity index (χ1) is 26.4.